The average molecular weight is 425 g/mol. The molecule has 2 N–H and O–H groups in total. The molecule has 1 saturated heterocycles. The zero-order valence-electron chi connectivity index (χ0n) is 17.2. The Morgan fingerprint density at radius 3 is 2.38 bits per heavy atom. The van der Waals surface area contributed by atoms with Gasteiger partial charge in [0.2, 0.25) is 27.7 Å². The van der Waals surface area contributed by atoms with Crippen LogP contribution in [0.5, 0.6) is 0 Å². The maximum absolute atomic E-state index is 12.7. The summed E-state index contributed by atoms with van der Waals surface area (Å²) >= 11 is 0. The molecule has 0 spiro atoms. The standard InChI is InChI=1S/C19H28N4O5S/c1-14-5-7-15(8-6-14)9-10-20-16(24)11-21-18(26)19(2)13-23(29(4,27)28)12-17(25)22(19)3/h5-8H,9-13H2,1-4H3,(H,20,24)(H,21,26)/t19-/m0/s1. The van der Waals surface area contributed by atoms with Crippen LogP contribution in [0.25, 0.3) is 0 Å². The molecule has 1 atom stereocenters. The van der Waals surface area contributed by atoms with E-state index in [2.05, 4.69) is 10.6 Å². The van der Waals surface area contributed by atoms with Crippen molar-refractivity contribution in [3.05, 3.63) is 35.4 Å². The number of hydrogen-bond acceptors (Lipinski definition) is 5. The minimum atomic E-state index is -3.63. The third kappa shape index (κ3) is 5.77. The summed E-state index contributed by atoms with van der Waals surface area (Å²) in [4.78, 5) is 38.1. The van der Waals surface area contributed by atoms with Crippen LogP contribution in [0.4, 0.5) is 0 Å². The van der Waals surface area contributed by atoms with Crippen LogP contribution in [-0.4, -0.2) is 80.4 Å². The van der Waals surface area contributed by atoms with Crippen LogP contribution >= 0.6 is 0 Å². The summed E-state index contributed by atoms with van der Waals surface area (Å²) in [6, 6.07) is 7.99. The molecule has 29 heavy (non-hydrogen) atoms. The monoisotopic (exact) mass is 424 g/mol. The minimum Gasteiger partial charge on any atom is -0.354 e. The van der Waals surface area contributed by atoms with E-state index < -0.39 is 27.4 Å². The second-order valence-corrected chi connectivity index (χ2v) is 9.51. The van der Waals surface area contributed by atoms with Gasteiger partial charge in [-0.05, 0) is 25.8 Å². The SMILES string of the molecule is Cc1ccc(CCNC(=O)CNC(=O)[C@]2(C)CN(S(C)(=O)=O)CC(=O)N2C)cc1. The van der Waals surface area contributed by atoms with Gasteiger partial charge < -0.3 is 15.5 Å². The number of likely N-dealkylation sites (N-methyl/N-ethyl adjacent to an activating group) is 1. The molecule has 1 heterocycles. The molecule has 3 amide bonds. The van der Waals surface area contributed by atoms with E-state index in [9.17, 15) is 22.8 Å². The number of carbonyl (C=O) groups excluding carboxylic acids is 3. The molecule has 0 saturated carbocycles. The summed E-state index contributed by atoms with van der Waals surface area (Å²) in [5.41, 5.74) is 0.853. The molecular formula is C19H28N4O5S. The summed E-state index contributed by atoms with van der Waals surface area (Å²) in [5, 5.41) is 5.23. The van der Waals surface area contributed by atoms with E-state index in [4.69, 9.17) is 0 Å². The van der Waals surface area contributed by atoms with Crippen LogP contribution in [0.2, 0.25) is 0 Å². The molecule has 1 aromatic carbocycles. The van der Waals surface area contributed by atoms with Crippen LogP contribution < -0.4 is 10.6 Å². The van der Waals surface area contributed by atoms with E-state index >= 15 is 0 Å². The molecule has 0 bridgehead atoms. The molecule has 0 radical (unpaired) electrons. The lowest BCUT2D eigenvalue weighted by Gasteiger charge is -2.44. The average Bonchev–Trinajstić information content (AvgIpc) is 2.64. The summed E-state index contributed by atoms with van der Waals surface area (Å²) in [7, 11) is -2.19. The Balaban J connectivity index is 1.88. The highest BCUT2D eigenvalue weighted by atomic mass is 32.2. The van der Waals surface area contributed by atoms with Gasteiger partial charge in [0, 0.05) is 20.1 Å². The van der Waals surface area contributed by atoms with E-state index in [0.717, 1.165) is 21.7 Å². The third-order valence-corrected chi connectivity index (χ3v) is 6.33. The number of carbonyl (C=O) groups is 3. The van der Waals surface area contributed by atoms with Gasteiger partial charge in [0.25, 0.3) is 0 Å². The molecule has 9 nitrogen and oxygen atoms in total. The maximum atomic E-state index is 12.7. The van der Waals surface area contributed by atoms with E-state index in [1.54, 1.807) is 0 Å². The van der Waals surface area contributed by atoms with Crippen molar-refractivity contribution in [2.75, 3.05) is 39.5 Å². The van der Waals surface area contributed by atoms with Gasteiger partial charge in [0.1, 0.15) is 5.54 Å². The van der Waals surface area contributed by atoms with Crippen LogP contribution in [0.15, 0.2) is 24.3 Å². The number of amides is 3. The van der Waals surface area contributed by atoms with Gasteiger partial charge in [-0.3, -0.25) is 14.4 Å². The van der Waals surface area contributed by atoms with Gasteiger partial charge in [0.15, 0.2) is 0 Å². The Morgan fingerprint density at radius 2 is 1.79 bits per heavy atom. The first kappa shape index (κ1) is 22.8. The van der Waals surface area contributed by atoms with Crippen LogP contribution in [0.1, 0.15) is 18.1 Å². The molecule has 160 valence electrons. The van der Waals surface area contributed by atoms with Gasteiger partial charge in [-0.1, -0.05) is 29.8 Å². The van der Waals surface area contributed by atoms with E-state index in [-0.39, 0.29) is 25.5 Å². The van der Waals surface area contributed by atoms with Gasteiger partial charge in [0.05, 0.1) is 19.3 Å². The summed E-state index contributed by atoms with van der Waals surface area (Å²) in [6.07, 6.45) is 1.66. The van der Waals surface area contributed by atoms with Crippen LogP contribution in [-0.2, 0) is 30.8 Å². The molecule has 1 fully saturated rings. The number of hydrogen-bond donors (Lipinski definition) is 2. The lowest BCUT2D eigenvalue weighted by atomic mass is 9.96. The Hall–Kier alpha value is -2.46. The predicted octanol–water partition coefficient (Wildman–Crippen LogP) is -0.738. The highest BCUT2D eigenvalue weighted by Crippen LogP contribution is 2.22. The Labute approximate surface area is 171 Å². The maximum Gasteiger partial charge on any atom is 0.247 e. The van der Waals surface area contributed by atoms with Gasteiger partial charge in [-0.2, -0.15) is 4.31 Å². The fourth-order valence-corrected chi connectivity index (χ4v) is 3.84. The van der Waals surface area contributed by atoms with E-state index in [0.29, 0.717) is 13.0 Å². The molecular weight excluding hydrogens is 396 g/mol. The number of nitrogens with zero attached hydrogens (tertiary/aromatic N) is 2. The van der Waals surface area contributed by atoms with Gasteiger partial charge >= 0.3 is 0 Å². The summed E-state index contributed by atoms with van der Waals surface area (Å²) in [6.45, 7) is 3.17. The molecule has 1 aliphatic heterocycles. The first-order valence-electron chi connectivity index (χ1n) is 9.26. The number of sulfonamides is 1. The molecule has 0 aliphatic carbocycles. The first-order valence-corrected chi connectivity index (χ1v) is 11.1. The van der Waals surface area contributed by atoms with Crippen molar-refractivity contribution in [3.63, 3.8) is 0 Å². The van der Waals surface area contributed by atoms with Gasteiger partial charge in [-0.25, -0.2) is 8.42 Å². The highest BCUT2D eigenvalue weighted by molar-refractivity contribution is 7.88. The number of rotatable bonds is 7. The molecule has 10 heteroatoms. The molecule has 2 rings (SSSR count). The second kappa shape index (κ2) is 8.91. The lowest BCUT2D eigenvalue weighted by molar-refractivity contribution is -0.150. The fraction of sp³-hybridized carbons (Fsp3) is 0.526. The Bertz CT molecular complexity index is 884. The smallest absolute Gasteiger partial charge is 0.247 e. The quantitative estimate of drug-likeness (QED) is 0.598. The third-order valence-electron chi connectivity index (χ3n) is 5.13. The number of aryl methyl sites for hydroxylation is 1. The Kier molecular flexibility index (Phi) is 7.02. The zero-order valence-corrected chi connectivity index (χ0v) is 18.0. The van der Waals surface area contributed by atoms with Crippen molar-refractivity contribution in [1.29, 1.82) is 0 Å². The highest BCUT2D eigenvalue weighted by Gasteiger charge is 2.47. The molecule has 0 aromatic heterocycles. The topological polar surface area (TPSA) is 116 Å². The predicted molar refractivity (Wildman–Crippen MR) is 108 cm³/mol. The van der Waals surface area contributed by atoms with Crippen molar-refractivity contribution in [2.45, 2.75) is 25.8 Å². The fourth-order valence-electron chi connectivity index (χ4n) is 3.01. The van der Waals surface area contributed by atoms with Crippen molar-refractivity contribution in [2.24, 2.45) is 0 Å². The Morgan fingerprint density at radius 1 is 1.17 bits per heavy atom. The minimum absolute atomic E-state index is 0.172. The van der Waals surface area contributed by atoms with Crippen molar-refractivity contribution >= 4 is 27.7 Å². The first-order chi connectivity index (χ1) is 13.4. The number of nitrogens with one attached hydrogen (secondary N) is 2. The van der Waals surface area contributed by atoms with Crippen molar-refractivity contribution in [1.82, 2.24) is 19.8 Å². The van der Waals surface area contributed by atoms with Crippen LogP contribution in [0.3, 0.4) is 0 Å². The van der Waals surface area contributed by atoms with E-state index in [1.807, 2.05) is 31.2 Å². The summed E-state index contributed by atoms with van der Waals surface area (Å²) < 4.78 is 24.6. The number of piperazine rings is 1. The largest absolute Gasteiger partial charge is 0.354 e. The normalized spacial score (nSPS) is 20.4. The molecule has 0 unspecified atom stereocenters. The zero-order chi connectivity index (χ0) is 21.8. The van der Waals surface area contributed by atoms with Crippen molar-refractivity contribution < 1.29 is 22.8 Å². The summed E-state index contributed by atoms with van der Waals surface area (Å²) in [5.74, 6) is -1.43. The number of benzene rings is 1. The van der Waals surface area contributed by atoms with E-state index in [1.165, 1.54) is 18.9 Å². The van der Waals surface area contributed by atoms with Gasteiger partial charge in [-0.15, -0.1) is 0 Å². The van der Waals surface area contributed by atoms with Crippen molar-refractivity contribution in [3.8, 4) is 0 Å². The second-order valence-electron chi connectivity index (χ2n) is 7.53. The lowest BCUT2D eigenvalue weighted by Crippen LogP contribution is -2.68. The van der Waals surface area contributed by atoms with Crippen LogP contribution in [0, 0.1) is 6.92 Å². The molecule has 1 aliphatic rings. The molecule has 1 aromatic rings.